The summed E-state index contributed by atoms with van der Waals surface area (Å²) in [6.45, 7) is 1.02. The van der Waals surface area contributed by atoms with E-state index in [0.717, 1.165) is 0 Å². The van der Waals surface area contributed by atoms with Crippen molar-refractivity contribution < 1.29 is 13.8 Å². The Balaban J connectivity index is 2.15. The Morgan fingerprint density at radius 1 is 1.62 bits per heavy atom. The summed E-state index contributed by atoms with van der Waals surface area (Å²) in [5.41, 5.74) is 0. The largest absolute Gasteiger partial charge is 0.355 e. The summed E-state index contributed by atoms with van der Waals surface area (Å²) in [6, 6.07) is -0.357. The molecule has 16 heavy (non-hydrogen) atoms. The Morgan fingerprint density at radius 3 is 2.94 bits per heavy atom. The molecule has 0 aromatic rings. The van der Waals surface area contributed by atoms with E-state index in [1.165, 1.54) is 0 Å². The summed E-state index contributed by atoms with van der Waals surface area (Å²) in [4.78, 5) is 22.4. The van der Waals surface area contributed by atoms with Crippen molar-refractivity contribution in [1.29, 1.82) is 0 Å². The molecule has 2 atom stereocenters. The molecule has 0 aliphatic carbocycles. The zero-order chi connectivity index (χ0) is 12.0. The van der Waals surface area contributed by atoms with Gasteiger partial charge in [-0.3, -0.25) is 19.1 Å². The fraction of sp³-hybridized carbons (Fsp3) is 0.778. The molecule has 6 nitrogen and oxygen atoms in total. The highest BCUT2D eigenvalue weighted by Gasteiger charge is 2.22. The van der Waals surface area contributed by atoms with E-state index in [0.29, 0.717) is 25.3 Å². The van der Waals surface area contributed by atoms with Crippen LogP contribution < -0.4 is 16.0 Å². The van der Waals surface area contributed by atoms with Crippen molar-refractivity contribution in [1.82, 2.24) is 16.0 Å². The number of rotatable bonds is 5. The highest BCUT2D eigenvalue weighted by Crippen LogP contribution is 1.89. The van der Waals surface area contributed by atoms with E-state index in [1.807, 2.05) is 0 Å². The highest BCUT2D eigenvalue weighted by molar-refractivity contribution is 7.84. The van der Waals surface area contributed by atoms with Crippen molar-refractivity contribution in [2.45, 2.75) is 12.5 Å². The van der Waals surface area contributed by atoms with Gasteiger partial charge in [-0.1, -0.05) is 0 Å². The first-order valence-electron chi connectivity index (χ1n) is 5.17. The standard InChI is InChI=1S/C9H17N3O3S/c1-16(15)4-2-3-10-9(14)7-5-12-8(13)6-11-7/h7,11H,2-6H2,1H3,(H,10,14)(H,12,13). The molecule has 0 aromatic heterocycles. The minimum atomic E-state index is -0.814. The van der Waals surface area contributed by atoms with Crippen LogP contribution in [0.15, 0.2) is 0 Å². The minimum absolute atomic E-state index is 0.0922. The lowest BCUT2D eigenvalue weighted by Crippen LogP contribution is -2.58. The van der Waals surface area contributed by atoms with Gasteiger partial charge in [0.15, 0.2) is 0 Å². The molecule has 1 aliphatic rings. The fourth-order valence-electron chi connectivity index (χ4n) is 1.36. The number of hydrogen-bond acceptors (Lipinski definition) is 4. The summed E-state index contributed by atoms with van der Waals surface area (Å²) in [5, 5.41) is 8.18. The quantitative estimate of drug-likeness (QED) is 0.488. The second kappa shape index (κ2) is 6.59. The molecular formula is C9H17N3O3S. The van der Waals surface area contributed by atoms with Gasteiger partial charge in [0.2, 0.25) is 11.8 Å². The third-order valence-electron chi connectivity index (χ3n) is 2.24. The summed E-state index contributed by atoms with van der Waals surface area (Å²) in [5.74, 6) is 0.377. The lowest BCUT2D eigenvalue weighted by molar-refractivity contribution is -0.126. The second-order valence-electron chi connectivity index (χ2n) is 3.66. The van der Waals surface area contributed by atoms with Gasteiger partial charge in [0.05, 0.1) is 6.54 Å². The number of hydrogen-bond donors (Lipinski definition) is 3. The first-order chi connectivity index (χ1) is 7.59. The number of amides is 2. The molecule has 0 aromatic carbocycles. The molecule has 0 saturated carbocycles. The predicted octanol–water partition coefficient (Wildman–Crippen LogP) is -2.04. The van der Waals surface area contributed by atoms with Crippen molar-refractivity contribution in [3.8, 4) is 0 Å². The Hall–Kier alpha value is -0.950. The molecule has 0 spiro atoms. The Bertz CT molecular complexity index is 286. The SMILES string of the molecule is CS(=O)CCCNC(=O)C1CNC(=O)CN1. The number of nitrogens with one attached hydrogen (secondary N) is 3. The smallest absolute Gasteiger partial charge is 0.238 e. The van der Waals surface area contributed by atoms with E-state index < -0.39 is 10.8 Å². The summed E-state index contributed by atoms with van der Waals surface area (Å²) >= 11 is 0. The van der Waals surface area contributed by atoms with E-state index in [-0.39, 0.29) is 24.4 Å². The summed E-state index contributed by atoms with van der Waals surface area (Å²) < 4.78 is 10.8. The molecular weight excluding hydrogens is 230 g/mol. The van der Waals surface area contributed by atoms with Crippen LogP contribution in [-0.4, -0.2) is 53.7 Å². The van der Waals surface area contributed by atoms with Crippen LogP contribution in [0.2, 0.25) is 0 Å². The van der Waals surface area contributed by atoms with E-state index >= 15 is 0 Å². The lowest BCUT2D eigenvalue weighted by Gasteiger charge is -2.23. The average molecular weight is 247 g/mol. The maximum absolute atomic E-state index is 11.5. The van der Waals surface area contributed by atoms with Crippen LogP contribution in [0.25, 0.3) is 0 Å². The van der Waals surface area contributed by atoms with Crippen LogP contribution >= 0.6 is 0 Å². The van der Waals surface area contributed by atoms with E-state index in [9.17, 15) is 13.8 Å². The molecule has 2 amide bonds. The summed E-state index contributed by atoms with van der Waals surface area (Å²) in [6.07, 6.45) is 2.34. The molecule has 1 saturated heterocycles. The molecule has 92 valence electrons. The third-order valence-corrected chi connectivity index (χ3v) is 3.10. The molecule has 3 N–H and O–H groups in total. The van der Waals surface area contributed by atoms with Crippen molar-refractivity contribution in [3.05, 3.63) is 0 Å². The monoisotopic (exact) mass is 247 g/mol. The Morgan fingerprint density at radius 2 is 2.38 bits per heavy atom. The van der Waals surface area contributed by atoms with Crippen molar-refractivity contribution in [3.63, 3.8) is 0 Å². The molecule has 1 rings (SSSR count). The van der Waals surface area contributed by atoms with Gasteiger partial charge in [0, 0.05) is 35.9 Å². The van der Waals surface area contributed by atoms with Crippen LogP contribution in [-0.2, 0) is 20.4 Å². The molecule has 0 radical (unpaired) electrons. The topological polar surface area (TPSA) is 87.3 Å². The molecule has 1 aliphatic heterocycles. The molecule has 1 heterocycles. The Labute approximate surface area is 97.0 Å². The summed E-state index contributed by atoms with van der Waals surface area (Å²) in [7, 11) is -0.814. The van der Waals surface area contributed by atoms with Gasteiger partial charge in [-0.05, 0) is 6.42 Å². The van der Waals surface area contributed by atoms with Crippen molar-refractivity contribution in [2.75, 3.05) is 31.6 Å². The molecule has 2 unspecified atom stereocenters. The molecule has 7 heteroatoms. The van der Waals surface area contributed by atoms with Crippen LogP contribution in [0.5, 0.6) is 0 Å². The maximum Gasteiger partial charge on any atom is 0.238 e. The zero-order valence-corrected chi connectivity index (χ0v) is 10.1. The van der Waals surface area contributed by atoms with Gasteiger partial charge in [-0.25, -0.2) is 0 Å². The van der Waals surface area contributed by atoms with Gasteiger partial charge in [0.25, 0.3) is 0 Å². The first-order valence-corrected chi connectivity index (χ1v) is 6.90. The second-order valence-corrected chi connectivity index (χ2v) is 5.21. The van der Waals surface area contributed by atoms with Crippen LogP contribution in [0.3, 0.4) is 0 Å². The molecule has 0 bridgehead atoms. The van der Waals surface area contributed by atoms with Gasteiger partial charge in [0.1, 0.15) is 6.04 Å². The van der Waals surface area contributed by atoms with Gasteiger partial charge < -0.3 is 10.6 Å². The zero-order valence-electron chi connectivity index (χ0n) is 9.25. The van der Waals surface area contributed by atoms with Crippen LogP contribution in [0.1, 0.15) is 6.42 Å². The average Bonchev–Trinajstić information content (AvgIpc) is 2.25. The number of piperazine rings is 1. The van der Waals surface area contributed by atoms with Gasteiger partial charge in [-0.2, -0.15) is 0 Å². The minimum Gasteiger partial charge on any atom is -0.355 e. The van der Waals surface area contributed by atoms with Crippen molar-refractivity contribution >= 4 is 22.6 Å². The number of carbonyl (C=O) groups excluding carboxylic acids is 2. The van der Waals surface area contributed by atoms with E-state index in [4.69, 9.17) is 0 Å². The predicted molar refractivity (Wildman–Crippen MR) is 61.4 cm³/mol. The maximum atomic E-state index is 11.5. The van der Waals surface area contributed by atoms with Crippen LogP contribution in [0.4, 0.5) is 0 Å². The normalized spacial score (nSPS) is 22.3. The van der Waals surface area contributed by atoms with Gasteiger partial charge in [-0.15, -0.1) is 0 Å². The van der Waals surface area contributed by atoms with Gasteiger partial charge >= 0.3 is 0 Å². The van der Waals surface area contributed by atoms with Crippen LogP contribution in [0, 0.1) is 0 Å². The Kier molecular flexibility index (Phi) is 5.41. The molecule has 1 fully saturated rings. The van der Waals surface area contributed by atoms with Crippen molar-refractivity contribution in [2.24, 2.45) is 0 Å². The first kappa shape index (κ1) is 13.1. The lowest BCUT2D eigenvalue weighted by atomic mass is 10.2. The highest BCUT2D eigenvalue weighted by atomic mass is 32.2. The third kappa shape index (κ3) is 4.71. The number of carbonyl (C=O) groups is 2. The fourth-order valence-corrected chi connectivity index (χ4v) is 1.91. The van der Waals surface area contributed by atoms with E-state index in [2.05, 4.69) is 16.0 Å². The van der Waals surface area contributed by atoms with E-state index in [1.54, 1.807) is 6.26 Å².